The number of benzene rings is 1. The van der Waals surface area contributed by atoms with Crippen LogP contribution in [0, 0.1) is 5.92 Å². The van der Waals surface area contributed by atoms with Gasteiger partial charge in [0.15, 0.2) is 0 Å². The van der Waals surface area contributed by atoms with E-state index in [9.17, 15) is 15.0 Å². The molecular weight excluding hydrogens is 230 g/mol. The first-order valence-electron chi connectivity index (χ1n) is 6.37. The number of aliphatic carboxylic acids is 1. The van der Waals surface area contributed by atoms with Crippen LogP contribution in [0.3, 0.4) is 0 Å². The third kappa shape index (κ3) is 2.89. The zero-order chi connectivity index (χ0) is 13.0. The number of carboxylic acid groups (broad SMARTS) is 1. The zero-order valence-electron chi connectivity index (χ0n) is 10.2. The van der Waals surface area contributed by atoms with Gasteiger partial charge in [-0.15, -0.1) is 0 Å². The average Bonchev–Trinajstić information content (AvgIpc) is 2.83. The van der Waals surface area contributed by atoms with E-state index in [4.69, 9.17) is 0 Å². The topological polar surface area (TPSA) is 69.6 Å². The summed E-state index contributed by atoms with van der Waals surface area (Å²) in [6.45, 7) is 0.124. The van der Waals surface area contributed by atoms with Crippen molar-refractivity contribution in [3.05, 3.63) is 35.9 Å². The normalized spacial score (nSPS) is 24.9. The van der Waals surface area contributed by atoms with Crippen molar-refractivity contribution in [2.24, 2.45) is 5.92 Å². The lowest BCUT2D eigenvalue weighted by atomic mass is 10.0. The van der Waals surface area contributed by atoms with Crippen LogP contribution in [0.25, 0.3) is 0 Å². The third-order valence-electron chi connectivity index (χ3n) is 3.65. The summed E-state index contributed by atoms with van der Waals surface area (Å²) in [6.07, 6.45) is 2.95. The Morgan fingerprint density at radius 1 is 1.33 bits per heavy atom. The summed E-state index contributed by atoms with van der Waals surface area (Å²) in [5.41, 5.74) is 0.758. The Bertz CT molecular complexity index is 393. The fourth-order valence-electron chi connectivity index (χ4n) is 2.64. The highest BCUT2D eigenvalue weighted by Gasteiger charge is 2.31. The monoisotopic (exact) mass is 249 g/mol. The standard InChI is InChI=1S/C14H19NO3/c16-9-11-7-4-8-12(11)15-13(14(17)18)10-5-2-1-3-6-10/h1-3,5-6,11-13,15-16H,4,7-9H2,(H,17,18). The second-order valence-corrected chi connectivity index (χ2v) is 4.83. The Morgan fingerprint density at radius 2 is 2.06 bits per heavy atom. The first-order valence-corrected chi connectivity index (χ1v) is 6.37. The summed E-state index contributed by atoms with van der Waals surface area (Å²) in [7, 11) is 0. The number of carbonyl (C=O) groups is 1. The Balaban J connectivity index is 2.10. The summed E-state index contributed by atoms with van der Waals surface area (Å²) in [5.74, 6) is -0.694. The van der Waals surface area contributed by atoms with Gasteiger partial charge in [-0.05, 0) is 24.3 Å². The summed E-state index contributed by atoms with van der Waals surface area (Å²) in [6, 6.07) is 8.58. The van der Waals surface area contributed by atoms with Gasteiger partial charge in [0, 0.05) is 12.6 Å². The van der Waals surface area contributed by atoms with E-state index >= 15 is 0 Å². The van der Waals surface area contributed by atoms with Gasteiger partial charge in [0.2, 0.25) is 0 Å². The zero-order valence-corrected chi connectivity index (χ0v) is 10.2. The van der Waals surface area contributed by atoms with E-state index in [2.05, 4.69) is 5.32 Å². The molecule has 3 unspecified atom stereocenters. The molecule has 0 spiro atoms. The smallest absolute Gasteiger partial charge is 0.325 e. The Kier molecular flexibility index (Phi) is 4.33. The summed E-state index contributed by atoms with van der Waals surface area (Å²) in [5, 5.41) is 21.8. The van der Waals surface area contributed by atoms with Crippen LogP contribution in [0.2, 0.25) is 0 Å². The largest absolute Gasteiger partial charge is 0.480 e. The minimum atomic E-state index is -0.871. The van der Waals surface area contributed by atoms with Crippen molar-refractivity contribution in [1.82, 2.24) is 5.32 Å². The predicted molar refractivity (Wildman–Crippen MR) is 68.2 cm³/mol. The maximum absolute atomic E-state index is 11.4. The summed E-state index contributed by atoms with van der Waals surface area (Å²) < 4.78 is 0. The molecule has 4 nitrogen and oxygen atoms in total. The molecule has 3 N–H and O–H groups in total. The molecule has 3 atom stereocenters. The number of aliphatic hydroxyl groups is 1. The molecule has 1 saturated carbocycles. The maximum Gasteiger partial charge on any atom is 0.325 e. The predicted octanol–water partition coefficient (Wildman–Crippen LogP) is 1.56. The lowest BCUT2D eigenvalue weighted by Crippen LogP contribution is -2.40. The SMILES string of the molecule is O=C(O)C(NC1CCCC1CO)c1ccccc1. The van der Waals surface area contributed by atoms with Crippen molar-refractivity contribution >= 4 is 5.97 Å². The van der Waals surface area contributed by atoms with Crippen LogP contribution in [-0.4, -0.2) is 28.8 Å². The van der Waals surface area contributed by atoms with Crippen molar-refractivity contribution in [1.29, 1.82) is 0 Å². The number of aliphatic hydroxyl groups excluding tert-OH is 1. The van der Waals surface area contributed by atoms with Crippen molar-refractivity contribution in [2.75, 3.05) is 6.61 Å². The first kappa shape index (κ1) is 13.1. The number of hydrogen-bond donors (Lipinski definition) is 3. The molecule has 0 aromatic heterocycles. The molecule has 18 heavy (non-hydrogen) atoms. The Hall–Kier alpha value is -1.39. The van der Waals surface area contributed by atoms with Gasteiger partial charge in [0.1, 0.15) is 6.04 Å². The van der Waals surface area contributed by atoms with E-state index < -0.39 is 12.0 Å². The minimum Gasteiger partial charge on any atom is -0.480 e. The Labute approximate surface area is 107 Å². The molecule has 0 amide bonds. The van der Waals surface area contributed by atoms with Crippen LogP contribution >= 0.6 is 0 Å². The number of rotatable bonds is 5. The lowest BCUT2D eigenvalue weighted by molar-refractivity contribution is -0.140. The van der Waals surface area contributed by atoms with Gasteiger partial charge >= 0.3 is 5.97 Å². The Morgan fingerprint density at radius 3 is 2.67 bits per heavy atom. The molecule has 1 aliphatic carbocycles. The quantitative estimate of drug-likeness (QED) is 0.740. The van der Waals surface area contributed by atoms with E-state index in [0.717, 1.165) is 24.8 Å². The average molecular weight is 249 g/mol. The molecular formula is C14H19NO3. The molecule has 1 fully saturated rings. The lowest BCUT2D eigenvalue weighted by Gasteiger charge is -2.24. The molecule has 1 aliphatic rings. The van der Waals surface area contributed by atoms with Crippen LogP contribution in [0.5, 0.6) is 0 Å². The molecule has 4 heteroatoms. The van der Waals surface area contributed by atoms with E-state index in [1.165, 1.54) is 0 Å². The number of nitrogens with one attached hydrogen (secondary N) is 1. The molecule has 1 aromatic rings. The van der Waals surface area contributed by atoms with Crippen molar-refractivity contribution in [3.63, 3.8) is 0 Å². The van der Waals surface area contributed by atoms with Gasteiger partial charge in [-0.3, -0.25) is 10.1 Å². The van der Waals surface area contributed by atoms with Gasteiger partial charge in [-0.2, -0.15) is 0 Å². The van der Waals surface area contributed by atoms with Gasteiger partial charge in [-0.25, -0.2) is 0 Å². The second-order valence-electron chi connectivity index (χ2n) is 4.83. The van der Waals surface area contributed by atoms with Crippen LogP contribution in [0.4, 0.5) is 0 Å². The van der Waals surface area contributed by atoms with Gasteiger partial charge < -0.3 is 10.2 Å². The molecule has 1 aromatic carbocycles. The van der Waals surface area contributed by atoms with Crippen molar-refractivity contribution in [3.8, 4) is 0 Å². The number of hydrogen-bond acceptors (Lipinski definition) is 3. The molecule has 2 rings (SSSR count). The molecule has 0 radical (unpaired) electrons. The van der Waals surface area contributed by atoms with Crippen molar-refractivity contribution < 1.29 is 15.0 Å². The van der Waals surface area contributed by atoms with E-state index in [0.29, 0.717) is 0 Å². The minimum absolute atomic E-state index is 0.0938. The molecule has 0 bridgehead atoms. The molecule has 0 heterocycles. The number of carboxylic acids is 1. The van der Waals surface area contributed by atoms with Crippen LogP contribution in [0.1, 0.15) is 30.9 Å². The second kappa shape index (κ2) is 5.98. The third-order valence-corrected chi connectivity index (χ3v) is 3.65. The highest BCUT2D eigenvalue weighted by molar-refractivity contribution is 5.75. The van der Waals surface area contributed by atoms with E-state index in [-0.39, 0.29) is 18.6 Å². The molecule has 0 saturated heterocycles. The van der Waals surface area contributed by atoms with Gasteiger partial charge in [-0.1, -0.05) is 36.8 Å². The molecule has 98 valence electrons. The van der Waals surface area contributed by atoms with Crippen LogP contribution in [0.15, 0.2) is 30.3 Å². The van der Waals surface area contributed by atoms with Crippen molar-refractivity contribution in [2.45, 2.75) is 31.3 Å². The van der Waals surface area contributed by atoms with Crippen LogP contribution < -0.4 is 5.32 Å². The van der Waals surface area contributed by atoms with E-state index in [1.807, 2.05) is 30.3 Å². The highest BCUT2D eigenvalue weighted by Crippen LogP contribution is 2.27. The fraction of sp³-hybridized carbons (Fsp3) is 0.500. The first-order chi connectivity index (χ1) is 8.72. The van der Waals surface area contributed by atoms with E-state index in [1.54, 1.807) is 0 Å². The summed E-state index contributed by atoms with van der Waals surface area (Å²) >= 11 is 0. The molecule has 0 aliphatic heterocycles. The van der Waals surface area contributed by atoms with Gasteiger partial charge in [0.05, 0.1) is 0 Å². The summed E-state index contributed by atoms with van der Waals surface area (Å²) in [4.78, 5) is 11.4. The van der Waals surface area contributed by atoms with Crippen LogP contribution in [-0.2, 0) is 4.79 Å². The highest BCUT2D eigenvalue weighted by atomic mass is 16.4. The van der Waals surface area contributed by atoms with Gasteiger partial charge in [0.25, 0.3) is 0 Å². The maximum atomic E-state index is 11.4. The fourth-order valence-corrected chi connectivity index (χ4v) is 2.64.